The molecule has 0 saturated heterocycles. The van der Waals surface area contributed by atoms with Crippen molar-refractivity contribution < 1.29 is 9.53 Å². The normalized spacial score (nSPS) is 12.3. The maximum atomic E-state index is 12.7. The number of thiazole rings is 1. The molecule has 0 unspecified atom stereocenters. The second-order valence-corrected chi connectivity index (χ2v) is 6.55. The van der Waals surface area contributed by atoms with E-state index in [4.69, 9.17) is 16.3 Å². The van der Waals surface area contributed by atoms with E-state index >= 15 is 0 Å². The van der Waals surface area contributed by atoms with E-state index < -0.39 is 5.97 Å². The Bertz CT molecular complexity index is 1040. The zero-order valence-corrected chi connectivity index (χ0v) is 14.8. The molecule has 6 nitrogen and oxygen atoms in total. The van der Waals surface area contributed by atoms with Crippen molar-refractivity contribution in [3.05, 3.63) is 55.6 Å². The van der Waals surface area contributed by atoms with Crippen LogP contribution >= 0.6 is 22.9 Å². The van der Waals surface area contributed by atoms with Gasteiger partial charge in [0.25, 0.3) is 5.56 Å². The third kappa shape index (κ3) is 2.76. The quantitative estimate of drug-likeness (QED) is 0.722. The van der Waals surface area contributed by atoms with Crippen molar-refractivity contribution in [1.29, 1.82) is 0 Å². The van der Waals surface area contributed by atoms with Crippen molar-refractivity contribution >= 4 is 45.3 Å². The van der Waals surface area contributed by atoms with Gasteiger partial charge in [0, 0.05) is 16.4 Å². The molecule has 0 aliphatic rings. The van der Waals surface area contributed by atoms with Crippen molar-refractivity contribution in [3.8, 4) is 0 Å². The fourth-order valence-electron chi connectivity index (χ4n) is 2.26. The zero-order valence-electron chi connectivity index (χ0n) is 13.2. The van der Waals surface area contributed by atoms with Crippen LogP contribution in [0, 0.1) is 13.8 Å². The summed E-state index contributed by atoms with van der Waals surface area (Å²) in [6.07, 6.45) is 0. The van der Waals surface area contributed by atoms with Gasteiger partial charge >= 0.3 is 5.97 Å². The SMILES string of the molecule is COC(=O)/C(Nc1ccc(Cl)cc1)=c1\sc2nc(C)c(C)n2c1=O. The number of imidazole rings is 1. The summed E-state index contributed by atoms with van der Waals surface area (Å²) in [4.78, 5) is 29.8. The van der Waals surface area contributed by atoms with Crippen LogP contribution in [0.15, 0.2) is 29.1 Å². The van der Waals surface area contributed by atoms with Crippen LogP contribution in [0.25, 0.3) is 10.7 Å². The van der Waals surface area contributed by atoms with E-state index in [1.165, 1.54) is 11.5 Å². The minimum Gasteiger partial charge on any atom is -0.464 e. The minimum absolute atomic E-state index is 0.0809. The lowest BCUT2D eigenvalue weighted by molar-refractivity contribution is -0.133. The highest BCUT2D eigenvalue weighted by Crippen LogP contribution is 2.16. The summed E-state index contributed by atoms with van der Waals surface area (Å²) in [5.41, 5.74) is 1.95. The second-order valence-electron chi connectivity index (χ2n) is 5.14. The summed E-state index contributed by atoms with van der Waals surface area (Å²) in [6, 6.07) is 6.80. The number of fused-ring (bicyclic) bond motifs is 1. The average molecular weight is 364 g/mol. The third-order valence-electron chi connectivity index (χ3n) is 3.63. The number of ether oxygens (including phenoxy) is 1. The number of hydrogen-bond donors (Lipinski definition) is 1. The molecule has 0 bridgehead atoms. The number of nitrogens with zero attached hydrogens (tertiary/aromatic N) is 2. The van der Waals surface area contributed by atoms with Crippen LogP contribution < -0.4 is 15.4 Å². The number of methoxy groups -OCH3 is 1. The number of rotatable bonds is 3. The lowest BCUT2D eigenvalue weighted by Crippen LogP contribution is -2.31. The number of aromatic nitrogens is 2. The van der Waals surface area contributed by atoms with Crippen LogP contribution in [0.3, 0.4) is 0 Å². The number of benzene rings is 1. The number of nitrogens with one attached hydrogen (secondary N) is 1. The molecule has 1 aromatic carbocycles. The van der Waals surface area contributed by atoms with Crippen LogP contribution in [0.2, 0.25) is 5.02 Å². The molecule has 2 heterocycles. The summed E-state index contributed by atoms with van der Waals surface area (Å²) in [5, 5.41) is 3.53. The topological polar surface area (TPSA) is 72.7 Å². The Morgan fingerprint density at radius 1 is 1.29 bits per heavy atom. The van der Waals surface area contributed by atoms with E-state index in [0.29, 0.717) is 15.7 Å². The van der Waals surface area contributed by atoms with Crippen LogP contribution in [-0.2, 0) is 9.53 Å². The molecule has 1 N–H and O–H groups in total. The second kappa shape index (κ2) is 6.26. The van der Waals surface area contributed by atoms with Crippen molar-refractivity contribution in [2.45, 2.75) is 13.8 Å². The molecular weight excluding hydrogens is 350 g/mol. The first-order valence-corrected chi connectivity index (χ1v) is 8.25. The molecule has 0 fully saturated rings. The van der Waals surface area contributed by atoms with Crippen molar-refractivity contribution in [1.82, 2.24) is 9.38 Å². The van der Waals surface area contributed by atoms with Crippen LogP contribution in [-0.4, -0.2) is 22.5 Å². The van der Waals surface area contributed by atoms with Gasteiger partial charge in [0.1, 0.15) is 10.2 Å². The summed E-state index contributed by atoms with van der Waals surface area (Å²) in [5.74, 6) is -0.624. The van der Waals surface area contributed by atoms with Gasteiger partial charge in [-0.3, -0.25) is 9.20 Å². The maximum Gasteiger partial charge on any atom is 0.356 e. The van der Waals surface area contributed by atoms with E-state index in [1.54, 1.807) is 24.3 Å². The Labute approximate surface area is 146 Å². The van der Waals surface area contributed by atoms with Gasteiger partial charge in [0.15, 0.2) is 4.96 Å². The fraction of sp³-hybridized carbons (Fsp3) is 0.188. The molecule has 0 aliphatic carbocycles. The number of carbonyl (C=O) groups is 1. The lowest BCUT2D eigenvalue weighted by atomic mass is 10.3. The Kier molecular flexibility index (Phi) is 4.29. The minimum atomic E-state index is -0.624. The Balaban J connectivity index is 2.23. The fourth-order valence-corrected chi connectivity index (χ4v) is 3.48. The van der Waals surface area contributed by atoms with Gasteiger partial charge in [-0.15, -0.1) is 0 Å². The molecule has 0 aliphatic heterocycles. The van der Waals surface area contributed by atoms with E-state index in [0.717, 1.165) is 22.7 Å². The highest BCUT2D eigenvalue weighted by atomic mass is 35.5. The standard InChI is InChI=1S/C16H14ClN3O3S/c1-8-9(2)20-14(21)13(24-16(20)18-8)12(15(22)23-3)19-11-6-4-10(17)5-7-11/h4-7,19H,1-3H3/b13-12+. The molecule has 0 saturated carbocycles. The van der Waals surface area contributed by atoms with Gasteiger partial charge in [-0.25, -0.2) is 9.78 Å². The molecule has 8 heteroatoms. The molecule has 24 heavy (non-hydrogen) atoms. The summed E-state index contributed by atoms with van der Waals surface area (Å²) >= 11 is 7.01. The van der Waals surface area contributed by atoms with E-state index in [2.05, 4.69) is 10.3 Å². The summed E-state index contributed by atoms with van der Waals surface area (Å²) < 4.78 is 6.57. The van der Waals surface area contributed by atoms with Crippen molar-refractivity contribution in [3.63, 3.8) is 0 Å². The van der Waals surface area contributed by atoms with Gasteiger partial charge in [0.05, 0.1) is 12.8 Å². The van der Waals surface area contributed by atoms with Crippen LogP contribution in [0.5, 0.6) is 0 Å². The van der Waals surface area contributed by atoms with Crippen LogP contribution in [0.4, 0.5) is 5.69 Å². The largest absolute Gasteiger partial charge is 0.464 e. The van der Waals surface area contributed by atoms with E-state index in [1.807, 2.05) is 13.8 Å². The maximum absolute atomic E-state index is 12.7. The molecule has 3 aromatic rings. The van der Waals surface area contributed by atoms with Gasteiger partial charge in [0.2, 0.25) is 0 Å². The number of carbonyl (C=O) groups excluding carboxylic acids is 1. The Morgan fingerprint density at radius 3 is 2.54 bits per heavy atom. The molecule has 0 spiro atoms. The first kappa shape index (κ1) is 16.5. The molecule has 0 radical (unpaired) electrons. The van der Waals surface area contributed by atoms with Crippen LogP contribution in [0.1, 0.15) is 11.4 Å². The lowest BCUT2D eigenvalue weighted by Gasteiger charge is -2.08. The number of anilines is 1. The van der Waals surface area contributed by atoms with Crippen molar-refractivity contribution in [2.24, 2.45) is 0 Å². The number of halogens is 1. The first-order valence-electron chi connectivity index (χ1n) is 7.06. The number of aryl methyl sites for hydroxylation is 2. The molecule has 2 aromatic heterocycles. The predicted octanol–water partition coefficient (Wildman–Crippen LogP) is 2.14. The van der Waals surface area contributed by atoms with Gasteiger partial charge in [-0.2, -0.15) is 0 Å². The molecule has 0 amide bonds. The summed E-state index contributed by atoms with van der Waals surface area (Å²) in [7, 11) is 1.27. The average Bonchev–Trinajstić information content (AvgIpc) is 3.03. The zero-order chi connectivity index (χ0) is 17.4. The third-order valence-corrected chi connectivity index (χ3v) is 4.93. The highest BCUT2D eigenvalue weighted by Gasteiger charge is 2.19. The summed E-state index contributed by atoms with van der Waals surface area (Å²) in [6.45, 7) is 3.66. The molecule has 0 atom stereocenters. The predicted molar refractivity (Wildman–Crippen MR) is 94.5 cm³/mol. The monoisotopic (exact) mass is 363 g/mol. The first-order chi connectivity index (χ1) is 11.4. The molecular formula is C16H14ClN3O3S. The van der Waals surface area contributed by atoms with Gasteiger partial charge < -0.3 is 10.1 Å². The van der Waals surface area contributed by atoms with Gasteiger partial charge in [-0.1, -0.05) is 22.9 Å². The van der Waals surface area contributed by atoms with Crippen molar-refractivity contribution in [2.75, 3.05) is 12.4 Å². The van der Waals surface area contributed by atoms with E-state index in [9.17, 15) is 9.59 Å². The smallest absolute Gasteiger partial charge is 0.356 e. The Hall–Kier alpha value is -2.38. The van der Waals surface area contributed by atoms with E-state index in [-0.39, 0.29) is 15.8 Å². The number of hydrogen-bond acceptors (Lipinski definition) is 6. The highest BCUT2D eigenvalue weighted by molar-refractivity contribution is 7.15. The van der Waals surface area contributed by atoms with Gasteiger partial charge in [-0.05, 0) is 38.1 Å². The Morgan fingerprint density at radius 2 is 1.96 bits per heavy atom. The number of esters is 1. The molecule has 3 rings (SSSR count). The molecule has 124 valence electrons.